The fourth-order valence-corrected chi connectivity index (χ4v) is 1.23. The second kappa shape index (κ2) is 6.09. The second-order valence-corrected chi connectivity index (χ2v) is 3.32. The van der Waals surface area contributed by atoms with E-state index < -0.39 is 5.91 Å². The Labute approximate surface area is 103 Å². The van der Waals surface area contributed by atoms with E-state index in [1.807, 2.05) is 36.4 Å². The zero-order valence-electron chi connectivity index (χ0n) is 9.45. The highest BCUT2D eigenvalue weighted by molar-refractivity contribution is 5.91. The van der Waals surface area contributed by atoms with Crippen LogP contribution in [0.5, 0.6) is 0 Å². The van der Waals surface area contributed by atoms with Crippen LogP contribution in [0.25, 0.3) is 6.08 Å². The molecule has 0 fully saturated rings. The normalized spacial score (nSPS) is 11.1. The van der Waals surface area contributed by atoms with Gasteiger partial charge in [0.25, 0.3) is 0 Å². The van der Waals surface area contributed by atoms with Gasteiger partial charge in [-0.3, -0.25) is 9.89 Å². The molecule has 0 radical (unpaired) electrons. The van der Waals surface area contributed by atoms with E-state index in [9.17, 15) is 4.79 Å². The van der Waals surface area contributed by atoms with Gasteiger partial charge in [-0.05, 0) is 11.6 Å². The van der Waals surface area contributed by atoms with Gasteiger partial charge < -0.3 is 0 Å². The third-order valence-electron chi connectivity index (χ3n) is 2.05. The summed E-state index contributed by atoms with van der Waals surface area (Å²) in [6.45, 7) is 0. The Hall–Kier alpha value is -2.76. The molecule has 0 spiro atoms. The number of amides is 1. The topological polar surface area (TPSA) is 83.0 Å². The van der Waals surface area contributed by atoms with Crippen LogP contribution in [0.2, 0.25) is 0 Å². The number of hydrazone groups is 1. The summed E-state index contributed by atoms with van der Waals surface area (Å²) in [5, 5.41) is 9.75. The van der Waals surface area contributed by atoms with Crippen LogP contribution in [0, 0.1) is 0 Å². The molecule has 18 heavy (non-hydrogen) atoms. The number of nitrogens with zero attached hydrogens (tertiary/aromatic N) is 3. The highest BCUT2D eigenvalue weighted by Gasteiger charge is 2.05. The molecule has 6 nitrogen and oxygen atoms in total. The molecule has 1 aromatic heterocycles. The second-order valence-electron chi connectivity index (χ2n) is 3.32. The largest absolute Gasteiger partial charge is 0.308 e. The number of nitrogens with one attached hydrogen (secondary N) is 2. The van der Waals surface area contributed by atoms with Crippen molar-refractivity contribution in [3.63, 3.8) is 0 Å². The average molecular weight is 241 g/mol. The van der Waals surface area contributed by atoms with Crippen molar-refractivity contribution < 1.29 is 4.79 Å². The summed E-state index contributed by atoms with van der Waals surface area (Å²) in [5.74, 6) is -0.309. The van der Waals surface area contributed by atoms with Crippen molar-refractivity contribution in [2.24, 2.45) is 5.10 Å². The monoisotopic (exact) mass is 241 g/mol. The van der Waals surface area contributed by atoms with Crippen LogP contribution in [0.3, 0.4) is 0 Å². The van der Waals surface area contributed by atoms with Gasteiger partial charge in [-0.2, -0.15) is 10.2 Å². The first kappa shape index (κ1) is 11.7. The Morgan fingerprint density at radius 3 is 2.89 bits per heavy atom. The molecular weight excluding hydrogens is 230 g/mol. The van der Waals surface area contributed by atoms with E-state index in [1.165, 1.54) is 12.5 Å². The number of H-pyrrole nitrogens is 1. The number of carbonyl (C=O) groups excluding carboxylic acids is 1. The molecule has 0 unspecified atom stereocenters. The minimum Gasteiger partial charge on any atom is -0.264 e. The van der Waals surface area contributed by atoms with Gasteiger partial charge in [-0.15, -0.1) is 0 Å². The number of aromatic nitrogens is 3. The maximum Gasteiger partial charge on any atom is 0.308 e. The Balaban J connectivity index is 1.82. The lowest BCUT2D eigenvalue weighted by atomic mass is 10.2. The van der Waals surface area contributed by atoms with Gasteiger partial charge in [0.2, 0.25) is 5.82 Å². The summed E-state index contributed by atoms with van der Waals surface area (Å²) in [6, 6.07) is 9.78. The number of allylic oxidation sites excluding steroid dienone is 1. The van der Waals surface area contributed by atoms with Crippen LogP contribution < -0.4 is 5.43 Å². The molecule has 0 aliphatic heterocycles. The summed E-state index contributed by atoms with van der Waals surface area (Å²) in [7, 11) is 0. The third-order valence-corrected chi connectivity index (χ3v) is 2.05. The van der Waals surface area contributed by atoms with Crippen LogP contribution >= 0.6 is 0 Å². The number of carbonyl (C=O) groups is 1. The minimum atomic E-state index is -0.433. The van der Waals surface area contributed by atoms with E-state index in [-0.39, 0.29) is 5.82 Å². The molecule has 1 aromatic carbocycles. The number of hydrogen-bond donors (Lipinski definition) is 2. The van der Waals surface area contributed by atoms with Crippen LogP contribution in [-0.2, 0) is 0 Å². The lowest BCUT2D eigenvalue weighted by molar-refractivity contribution is 0.0945. The molecule has 2 rings (SSSR count). The highest BCUT2D eigenvalue weighted by Crippen LogP contribution is 1.99. The summed E-state index contributed by atoms with van der Waals surface area (Å²) in [4.78, 5) is 15.0. The van der Waals surface area contributed by atoms with Gasteiger partial charge in [0.1, 0.15) is 6.33 Å². The van der Waals surface area contributed by atoms with Crippen LogP contribution in [-0.4, -0.2) is 27.3 Å². The molecule has 0 aliphatic rings. The molecule has 0 aliphatic carbocycles. The summed E-state index contributed by atoms with van der Waals surface area (Å²) >= 11 is 0. The minimum absolute atomic E-state index is 0.124. The molecule has 0 atom stereocenters. The van der Waals surface area contributed by atoms with Gasteiger partial charge in [0, 0.05) is 6.21 Å². The van der Waals surface area contributed by atoms with Gasteiger partial charge >= 0.3 is 5.91 Å². The summed E-state index contributed by atoms with van der Waals surface area (Å²) < 4.78 is 0. The summed E-state index contributed by atoms with van der Waals surface area (Å²) in [5.41, 5.74) is 3.38. The van der Waals surface area contributed by atoms with Gasteiger partial charge in [0.15, 0.2) is 0 Å². The van der Waals surface area contributed by atoms with E-state index >= 15 is 0 Å². The molecule has 0 saturated heterocycles. The van der Waals surface area contributed by atoms with E-state index in [0.29, 0.717) is 0 Å². The molecule has 1 heterocycles. The zero-order valence-corrected chi connectivity index (χ0v) is 9.45. The first-order valence-corrected chi connectivity index (χ1v) is 5.27. The summed E-state index contributed by atoms with van der Waals surface area (Å²) in [6.07, 6.45) is 6.36. The number of hydrogen-bond acceptors (Lipinski definition) is 4. The van der Waals surface area contributed by atoms with Crippen molar-refractivity contribution in [3.8, 4) is 0 Å². The van der Waals surface area contributed by atoms with Gasteiger partial charge in [-0.25, -0.2) is 10.4 Å². The number of aromatic amines is 1. The third kappa shape index (κ3) is 3.38. The van der Waals surface area contributed by atoms with Crippen molar-refractivity contribution in [2.45, 2.75) is 0 Å². The predicted molar refractivity (Wildman–Crippen MR) is 67.8 cm³/mol. The predicted octanol–water partition coefficient (Wildman–Crippen LogP) is 1.23. The Bertz CT molecular complexity index is 545. The fraction of sp³-hybridized carbons (Fsp3) is 0. The first-order valence-electron chi connectivity index (χ1n) is 5.27. The molecule has 90 valence electrons. The Morgan fingerprint density at radius 2 is 2.17 bits per heavy atom. The molecule has 2 N–H and O–H groups in total. The zero-order chi connectivity index (χ0) is 12.6. The van der Waals surface area contributed by atoms with Crippen molar-refractivity contribution in [3.05, 3.63) is 54.1 Å². The smallest absolute Gasteiger partial charge is 0.264 e. The number of rotatable bonds is 4. The van der Waals surface area contributed by atoms with E-state index in [0.717, 1.165) is 5.56 Å². The molecule has 6 heteroatoms. The molecular formula is C12H11N5O. The molecule has 1 amide bonds. The van der Waals surface area contributed by atoms with Gasteiger partial charge in [-0.1, -0.05) is 36.4 Å². The SMILES string of the molecule is O=C(N/N=C/C=C/c1ccccc1)c1ncn[nH]1. The van der Waals surface area contributed by atoms with Crippen molar-refractivity contribution in [2.75, 3.05) is 0 Å². The van der Waals surface area contributed by atoms with Crippen LogP contribution in [0.1, 0.15) is 16.2 Å². The van der Waals surface area contributed by atoms with E-state index in [4.69, 9.17) is 0 Å². The lowest BCUT2D eigenvalue weighted by Crippen LogP contribution is -2.18. The Kier molecular flexibility index (Phi) is 3.97. The number of benzene rings is 1. The van der Waals surface area contributed by atoms with Crippen molar-refractivity contribution in [1.29, 1.82) is 0 Å². The van der Waals surface area contributed by atoms with Crippen LogP contribution in [0.15, 0.2) is 47.8 Å². The average Bonchev–Trinajstić information content (AvgIpc) is 2.93. The lowest BCUT2D eigenvalue weighted by Gasteiger charge is -1.92. The molecule has 2 aromatic rings. The molecule has 0 saturated carbocycles. The van der Waals surface area contributed by atoms with E-state index in [1.54, 1.807) is 6.08 Å². The maximum atomic E-state index is 11.4. The van der Waals surface area contributed by atoms with Crippen molar-refractivity contribution in [1.82, 2.24) is 20.6 Å². The van der Waals surface area contributed by atoms with E-state index in [2.05, 4.69) is 25.7 Å². The van der Waals surface area contributed by atoms with Gasteiger partial charge in [0.05, 0.1) is 0 Å². The van der Waals surface area contributed by atoms with Crippen LogP contribution in [0.4, 0.5) is 0 Å². The Morgan fingerprint density at radius 1 is 1.33 bits per heavy atom. The standard InChI is InChI=1S/C12H11N5O/c18-12(11-13-9-15-16-11)17-14-8-4-7-10-5-2-1-3-6-10/h1-9H,(H,17,18)(H,13,15,16)/b7-4+,14-8+. The maximum absolute atomic E-state index is 11.4. The first-order chi connectivity index (χ1) is 8.86. The van der Waals surface area contributed by atoms with Crippen molar-refractivity contribution >= 4 is 18.2 Å². The molecule has 0 bridgehead atoms. The quantitative estimate of drug-likeness (QED) is 0.624. The fourth-order valence-electron chi connectivity index (χ4n) is 1.23. The highest BCUT2D eigenvalue weighted by atomic mass is 16.2.